The third-order valence-electron chi connectivity index (χ3n) is 4.59. The van der Waals surface area contributed by atoms with Crippen LogP contribution in [0.2, 0.25) is 5.02 Å². The fraction of sp³-hybridized carbons (Fsp3) is 0.421. The van der Waals surface area contributed by atoms with Crippen LogP contribution in [0.5, 0.6) is 0 Å². The summed E-state index contributed by atoms with van der Waals surface area (Å²) in [6.45, 7) is 1.77. The van der Waals surface area contributed by atoms with E-state index in [4.69, 9.17) is 11.6 Å². The Kier molecular flexibility index (Phi) is 5.53. The van der Waals surface area contributed by atoms with E-state index >= 15 is 0 Å². The van der Waals surface area contributed by atoms with Gasteiger partial charge in [-0.1, -0.05) is 49.4 Å². The highest BCUT2D eigenvalue weighted by Gasteiger charge is 2.20. The minimum absolute atomic E-state index is 0.0882. The van der Waals surface area contributed by atoms with Crippen molar-refractivity contribution in [3.8, 4) is 5.69 Å². The molecule has 1 heterocycles. The minimum atomic E-state index is -0.405. The molecule has 0 spiro atoms. The van der Waals surface area contributed by atoms with Crippen molar-refractivity contribution < 1.29 is 4.79 Å². The molecule has 1 amide bonds. The van der Waals surface area contributed by atoms with E-state index in [0.717, 1.165) is 25.7 Å². The van der Waals surface area contributed by atoms with Crippen molar-refractivity contribution in [1.29, 1.82) is 0 Å². The number of amides is 1. The van der Waals surface area contributed by atoms with Crippen LogP contribution in [0.4, 0.5) is 0 Å². The zero-order valence-corrected chi connectivity index (χ0v) is 15.1. The van der Waals surface area contributed by atoms with Gasteiger partial charge in [0.25, 0.3) is 5.91 Å². The molecule has 0 aliphatic heterocycles. The van der Waals surface area contributed by atoms with Crippen LogP contribution in [-0.2, 0) is 0 Å². The van der Waals surface area contributed by atoms with Crippen LogP contribution >= 0.6 is 11.6 Å². The van der Waals surface area contributed by atoms with E-state index in [1.807, 2.05) is 12.1 Å². The molecule has 1 saturated carbocycles. The van der Waals surface area contributed by atoms with Gasteiger partial charge in [-0.05, 0) is 31.9 Å². The van der Waals surface area contributed by atoms with Gasteiger partial charge in [-0.2, -0.15) is 5.10 Å². The van der Waals surface area contributed by atoms with Gasteiger partial charge in [0.05, 0.1) is 10.7 Å². The molecule has 0 bridgehead atoms. The van der Waals surface area contributed by atoms with Crippen LogP contribution in [0.15, 0.2) is 35.1 Å². The zero-order valence-electron chi connectivity index (χ0n) is 14.3. The van der Waals surface area contributed by atoms with Crippen molar-refractivity contribution in [2.24, 2.45) is 0 Å². The largest absolute Gasteiger partial charge is 0.348 e. The molecule has 132 valence electrons. The molecule has 1 aromatic heterocycles. The Labute approximate surface area is 152 Å². The lowest BCUT2D eigenvalue weighted by Gasteiger charge is -2.17. The average Bonchev–Trinajstić information content (AvgIpc) is 2.84. The Bertz CT molecular complexity index is 824. The highest BCUT2D eigenvalue weighted by atomic mass is 35.5. The molecule has 5 nitrogen and oxygen atoms in total. The Hall–Kier alpha value is -2.14. The summed E-state index contributed by atoms with van der Waals surface area (Å²) >= 11 is 6.24. The standard InChI is InChI=1S/C19H22ClN3O2/c1-13-12-17(24)18(19(25)21-14-8-4-2-3-5-9-14)22-23(13)16-11-7-6-10-15(16)20/h6-7,10-12,14H,2-5,8-9H2,1H3,(H,21,25). The first kappa shape index (κ1) is 17.7. The summed E-state index contributed by atoms with van der Waals surface area (Å²) in [5, 5.41) is 7.79. The summed E-state index contributed by atoms with van der Waals surface area (Å²) in [5.74, 6) is -0.405. The molecule has 0 saturated heterocycles. The van der Waals surface area contributed by atoms with Crippen molar-refractivity contribution in [2.45, 2.75) is 51.5 Å². The predicted molar refractivity (Wildman–Crippen MR) is 98.5 cm³/mol. The molecule has 0 atom stereocenters. The van der Waals surface area contributed by atoms with Crippen LogP contribution in [0.3, 0.4) is 0 Å². The lowest BCUT2D eigenvalue weighted by Crippen LogP contribution is -2.38. The SMILES string of the molecule is Cc1cc(=O)c(C(=O)NC2CCCCCC2)nn1-c1ccccc1Cl. The van der Waals surface area contributed by atoms with Crippen molar-refractivity contribution in [2.75, 3.05) is 0 Å². The minimum Gasteiger partial charge on any atom is -0.348 e. The number of aryl methyl sites for hydroxylation is 1. The van der Waals surface area contributed by atoms with Crippen LogP contribution < -0.4 is 10.7 Å². The second-order valence-corrected chi connectivity index (χ2v) is 6.93. The van der Waals surface area contributed by atoms with Crippen molar-refractivity contribution in [3.63, 3.8) is 0 Å². The number of nitrogens with one attached hydrogen (secondary N) is 1. The van der Waals surface area contributed by atoms with Gasteiger partial charge in [-0.15, -0.1) is 0 Å². The number of rotatable bonds is 3. The second-order valence-electron chi connectivity index (χ2n) is 6.52. The van der Waals surface area contributed by atoms with Crippen LogP contribution in [-0.4, -0.2) is 21.7 Å². The van der Waals surface area contributed by atoms with E-state index in [2.05, 4.69) is 10.4 Å². The zero-order chi connectivity index (χ0) is 17.8. The first-order chi connectivity index (χ1) is 12.1. The van der Waals surface area contributed by atoms with Crippen molar-refractivity contribution >= 4 is 17.5 Å². The van der Waals surface area contributed by atoms with Crippen LogP contribution in [0.25, 0.3) is 5.69 Å². The summed E-state index contributed by atoms with van der Waals surface area (Å²) in [6, 6.07) is 8.76. The smallest absolute Gasteiger partial charge is 0.276 e. The molecule has 3 rings (SSSR count). The molecule has 2 aromatic rings. The van der Waals surface area contributed by atoms with Gasteiger partial charge in [0, 0.05) is 17.8 Å². The summed E-state index contributed by atoms with van der Waals surface area (Å²) in [5.41, 5.74) is 0.816. The van der Waals surface area contributed by atoms with Gasteiger partial charge in [0.15, 0.2) is 5.69 Å². The maximum atomic E-state index is 12.6. The molecular weight excluding hydrogens is 338 g/mol. The van der Waals surface area contributed by atoms with Crippen LogP contribution in [0, 0.1) is 6.92 Å². The predicted octanol–water partition coefficient (Wildman–Crippen LogP) is 3.65. The topological polar surface area (TPSA) is 64.0 Å². The number of benzene rings is 1. The van der Waals surface area contributed by atoms with Gasteiger partial charge in [0.1, 0.15) is 0 Å². The summed E-state index contributed by atoms with van der Waals surface area (Å²) < 4.78 is 1.55. The maximum absolute atomic E-state index is 12.6. The van der Waals surface area contributed by atoms with E-state index < -0.39 is 5.91 Å². The highest BCUT2D eigenvalue weighted by Crippen LogP contribution is 2.20. The normalized spacial score (nSPS) is 15.6. The van der Waals surface area contributed by atoms with E-state index in [9.17, 15) is 9.59 Å². The van der Waals surface area contributed by atoms with Crippen molar-refractivity contribution in [1.82, 2.24) is 15.1 Å². The third-order valence-corrected chi connectivity index (χ3v) is 4.91. The molecule has 6 heteroatoms. The van der Waals surface area contributed by atoms with Gasteiger partial charge >= 0.3 is 0 Å². The number of hydrogen-bond acceptors (Lipinski definition) is 3. The summed E-state index contributed by atoms with van der Waals surface area (Å²) in [4.78, 5) is 24.9. The Balaban J connectivity index is 1.91. The van der Waals surface area contributed by atoms with E-state index in [1.54, 1.807) is 23.7 Å². The first-order valence-electron chi connectivity index (χ1n) is 8.73. The summed E-state index contributed by atoms with van der Waals surface area (Å²) in [7, 11) is 0. The molecule has 0 radical (unpaired) electrons. The molecular formula is C19H22ClN3O2. The number of carbonyl (C=O) groups excluding carboxylic acids is 1. The molecule has 1 N–H and O–H groups in total. The molecule has 1 fully saturated rings. The molecule has 25 heavy (non-hydrogen) atoms. The average molecular weight is 360 g/mol. The van der Waals surface area contributed by atoms with Gasteiger partial charge in [-0.25, -0.2) is 4.68 Å². The number of nitrogens with zero attached hydrogens (tertiary/aromatic N) is 2. The maximum Gasteiger partial charge on any atom is 0.276 e. The second kappa shape index (κ2) is 7.83. The fourth-order valence-electron chi connectivity index (χ4n) is 3.25. The number of hydrogen-bond donors (Lipinski definition) is 1. The number of carbonyl (C=O) groups is 1. The Morgan fingerprint density at radius 3 is 2.56 bits per heavy atom. The van der Waals surface area contributed by atoms with Gasteiger partial charge < -0.3 is 5.32 Å². The van der Waals surface area contributed by atoms with Gasteiger partial charge in [0.2, 0.25) is 5.43 Å². The number of para-hydroxylation sites is 1. The number of halogens is 1. The Morgan fingerprint density at radius 1 is 1.20 bits per heavy atom. The lowest BCUT2D eigenvalue weighted by molar-refractivity contribution is 0.0925. The first-order valence-corrected chi connectivity index (χ1v) is 9.11. The quantitative estimate of drug-likeness (QED) is 0.851. The van der Waals surface area contributed by atoms with E-state index in [0.29, 0.717) is 16.4 Å². The fourth-order valence-corrected chi connectivity index (χ4v) is 3.47. The summed E-state index contributed by atoms with van der Waals surface area (Å²) in [6.07, 6.45) is 6.53. The van der Waals surface area contributed by atoms with Gasteiger partial charge in [-0.3, -0.25) is 9.59 Å². The highest BCUT2D eigenvalue weighted by molar-refractivity contribution is 6.32. The Morgan fingerprint density at radius 2 is 1.88 bits per heavy atom. The molecule has 1 aliphatic rings. The van der Waals surface area contributed by atoms with E-state index in [-0.39, 0.29) is 17.2 Å². The molecule has 0 unspecified atom stereocenters. The molecule has 1 aromatic carbocycles. The third kappa shape index (κ3) is 4.10. The lowest BCUT2D eigenvalue weighted by atomic mass is 10.1. The van der Waals surface area contributed by atoms with Crippen molar-refractivity contribution in [3.05, 3.63) is 57.0 Å². The monoisotopic (exact) mass is 359 g/mol. The number of aromatic nitrogens is 2. The molecule has 1 aliphatic carbocycles. The van der Waals surface area contributed by atoms with Crippen LogP contribution in [0.1, 0.15) is 54.7 Å². The van der Waals surface area contributed by atoms with E-state index in [1.165, 1.54) is 18.9 Å².